The number of rotatable bonds is 7. The molecule has 1 aliphatic rings. The molecular formula is C17H25Cl3N2O3. The normalized spacial score (nSPS) is 16.2. The maximum absolute atomic E-state index is 12.5. The smallest absolute Gasteiger partial charge is 0.263 e. The summed E-state index contributed by atoms with van der Waals surface area (Å²) in [5.41, 5.74) is 5.46. The van der Waals surface area contributed by atoms with Gasteiger partial charge in [-0.15, -0.1) is 12.4 Å². The number of nitrogens with two attached hydrogens (primary N) is 1. The molecule has 8 heteroatoms. The molecule has 1 unspecified atom stereocenters. The van der Waals surface area contributed by atoms with Gasteiger partial charge in [-0.05, 0) is 50.9 Å². The molecule has 0 radical (unpaired) electrons. The SMILES string of the molecule is CC(Oc1ccc(Cl)cc1Cl)C(=O)N1CCC(OCCCN)CC1.Cl. The number of likely N-dealkylation sites (tertiary alicyclic amines) is 1. The molecule has 2 rings (SSSR count). The molecule has 0 spiro atoms. The molecule has 2 N–H and O–H groups in total. The van der Waals surface area contributed by atoms with Crippen LogP contribution in [0, 0.1) is 0 Å². The fourth-order valence-corrected chi connectivity index (χ4v) is 3.10. The highest BCUT2D eigenvalue weighted by molar-refractivity contribution is 6.35. The maximum Gasteiger partial charge on any atom is 0.263 e. The topological polar surface area (TPSA) is 64.8 Å². The number of nitrogens with zero attached hydrogens (tertiary/aromatic N) is 1. The van der Waals surface area contributed by atoms with Gasteiger partial charge >= 0.3 is 0 Å². The van der Waals surface area contributed by atoms with Gasteiger partial charge in [-0.3, -0.25) is 4.79 Å². The number of carbonyl (C=O) groups excluding carboxylic acids is 1. The van der Waals surface area contributed by atoms with Crippen LogP contribution in [0.1, 0.15) is 26.2 Å². The minimum atomic E-state index is -0.599. The summed E-state index contributed by atoms with van der Waals surface area (Å²) in [6.07, 6.45) is 2.15. The zero-order chi connectivity index (χ0) is 17.5. The second-order valence-electron chi connectivity index (χ2n) is 5.87. The van der Waals surface area contributed by atoms with Crippen molar-refractivity contribution >= 4 is 41.5 Å². The highest BCUT2D eigenvalue weighted by Crippen LogP contribution is 2.28. The van der Waals surface area contributed by atoms with Gasteiger partial charge in [0.2, 0.25) is 0 Å². The lowest BCUT2D eigenvalue weighted by atomic mass is 10.1. The van der Waals surface area contributed by atoms with Crippen LogP contribution in [0.2, 0.25) is 10.0 Å². The third-order valence-corrected chi connectivity index (χ3v) is 4.53. The van der Waals surface area contributed by atoms with E-state index in [4.69, 9.17) is 38.4 Å². The first kappa shape index (κ1) is 22.3. The minimum Gasteiger partial charge on any atom is -0.479 e. The van der Waals surface area contributed by atoms with Crippen LogP contribution < -0.4 is 10.5 Å². The molecule has 1 atom stereocenters. The van der Waals surface area contributed by atoms with E-state index in [0.29, 0.717) is 42.0 Å². The van der Waals surface area contributed by atoms with Gasteiger partial charge in [-0.2, -0.15) is 0 Å². The third-order valence-electron chi connectivity index (χ3n) is 4.00. The van der Waals surface area contributed by atoms with E-state index in [2.05, 4.69) is 0 Å². The summed E-state index contributed by atoms with van der Waals surface area (Å²) in [4.78, 5) is 14.3. The summed E-state index contributed by atoms with van der Waals surface area (Å²) in [6.45, 7) is 4.41. The second kappa shape index (κ2) is 11.1. The summed E-state index contributed by atoms with van der Waals surface area (Å²) >= 11 is 11.9. The van der Waals surface area contributed by atoms with Crippen LogP contribution in [-0.2, 0) is 9.53 Å². The summed E-state index contributed by atoms with van der Waals surface area (Å²) in [5.74, 6) is 0.420. The van der Waals surface area contributed by atoms with Crippen molar-refractivity contribution in [2.75, 3.05) is 26.2 Å². The van der Waals surface area contributed by atoms with Gasteiger partial charge in [0.1, 0.15) is 5.75 Å². The fraction of sp³-hybridized carbons (Fsp3) is 0.588. The van der Waals surface area contributed by atoms with Gasteiger partial charge in [-0.1, -0.05) is 23.2 Å². The van der Waals surface area contributed by atoms with Gasteiger partial charge < -0.3 is 20.1 Å². The van der Waals surface area contributed by atoms with E-state index in [-0.39, 0.29) is 24.4 Å². The van der Waals surface area contributed by atoms with Gasteiger partial charge in [0.15, 0.2) is 6.10 Å². The predicted molar refractivity (Wildman–Crippen MR) is 103 cm³/mol. The molecule has 142 valence electrons. The van der Waals surface area contributed by atoms with Crippen molar-refractivity contribution in [2.24, 2.45) is 5.73 Å². The molecule has 1 aromatic carbocycles. The van der Waals surface area contributed by atoms with Crippen molar-refractivity contribution in [1.29, 1.82) is 0 Å². The fourth-order valence-electron chi connectivity index (χ4n) is 2.64. The number of hydrogen-bond acceptors (Lipinski definition) is 4. The number of hydrogen-bond donors (Lipinski definition) is 1. The number of amides is 1. The van der Waals surface area contributed by atoms with E-state index in [0.717, 1.165) is 19.3 Å². The highest BCUT2D eigenvalue weighted by Gasteiger charge is 2.27. The molecule has 1 aliphatic heterocycles. The Morgan fingerprint density at radius 2 is 2.04 bits per heavy atom. The Hall–Kier alpha value is -0.720. The summed E-state index contributed by atoms with van der Waals surface area (Å²) in [7, 11) is 0. The van der Waals surface area contributed by atoms with Gasteiger partial charge in [0.05, 0.1) is 11.1 Å². The molecule has 1 amide bonds. The monoisotopic (exact) mass is 410 g/mol. The van der Waals surface area contributed by atoms with Gasteiger partial charge in [-0.25, -0.2) is 0 Å². The Labute approximate surface area is 165 Å². The first-order valence-electron chi connectivity index (χ1n) is 8.23. The number of piperidine rings is 1. The molecule has 0 saturated carbocycles. The lowest BCUT2D eigenvalue weighted by Gasteiger charge is -2.33. The van der Waals surface area contributed by atoms with Crippen LogP contribution in [0.15, 0.2) is 18.2 Å². The first-order chi connectivity index (χ1) is 11.5. The Bertz CT molecular complexity index is 552. The maximum atomic E-state index is 12.5. The number of benzene rings is 1. The van der Waals surface area contributed by atoms with E-state index in [9.17, 15) is 4.79 Å². The largest absolute Gasteiger partial charge is 0.479 e. The van der Waals surface area contributed by atoms with Gasteiger partial charge in [0, 0.05) is 24.7 Å². The molecule has 0 aliphatic carbocycles. The Kier molecular flexibility index (Phi) is 9.90. The molecule has 1 aromatic rings. The molecular weight excluding hydrogens is 387 g/mol. The quantitative estimate of drug-likeness (QED) is 0.697. The number of carbonyl (C=O) groups is 1. The van der Waals surface area contributed by atoms with Crippen LogP contribution in [0.3, 0.4) is 0 Å². The summed E-state index contributed by atoms with van der Waals surface area (Å²) in [5, 5.41) is 0.928. The Morgan fingerprint density at radius 1 is 1.36 bits per heavy atom. The van der Waals surface area contributed by atoms with E-state index >= 15 is 0 Å². The summed E-state index contributed by atoms with van der Waals surface area (Å²) < 4.78 is 11.4. The molecule has 0 bridgehead atoms. The average molecular weight is 412 g/mol. The first-order valence-corrected chi connectivity index (χ1v) is 8.99. The van der Waals surface area contributed by atoms with Crippen LogP contribution in [0.25, 0.3) is 0 Å². The van der Waals surface area contributed by atoms with Crippen LogP contribution >= 0.6 is 35.6 Å². The number of ether oxygens (including phenoxy) is 2. The second-order valence-corrected chi connectivity index (χ2v) is 6.72. The predicted octanol–water partition coefficient (Wildman–Crippen LogP) is 3.54. The zero-order valence-electron chi connectivity index (χ0n) is 14.2. The molecule has 25 heavy (non-hydrogen) atoms. The lowest BCUT2D eigenvalue weighted by Crippen LogP contribution is -2.46. The van der Waals surface area contributed by atoms with E-state index in [1.54, 1.807) is 25.1 Å². The number of halogens is 3. The Morgan fingerprint density at radius 3 is 2.64 bits per heavy atom. The van der Waals surface area contributed by atoms with E-state index < -0.39 is 6.10 Å². The molecule has 1 saturated heterocycles. The van der Waals surface area contributed by atoms with Crippen molar-refractivity contribution in [1.82, 2.24) is 4.90 Å². The molecule has 5 nitrogen and oxygen atoms in total. The van der Waals surface area contributed by atoms with Gasteiger partial charge in [0.25, 0.3) is 5.91 Å². The standard InChI is InChI=1S/C17H24Cl2N2O3.ClH/c1-12(24-16-4-3-13(18)11-15(16)19)17(22)21-8-5-14(6-9-21)23-10-2-7-20;/h3-4,11-12,14H,2,5-10,20H2,1H3;1H. The van der Waals surface area contributed by atoms with Crippen molar-refractivity contribution < 1.29 is 14.3 Å². The average Bonchev–Trinajstić information content (AvgIpc) is 2.57. The van der Waals surface area contributed by atoms with Crippen molar-refractivity contribution in [2.45, 2.75) is 38.4 Å². The van der Waals surface area contributed by atoms with Crippen molar-refractivity contribution in [3.63, 3.8) is 0 Å². The Balaban J connectivity index is 0.00000312. The van der Waals surface area contributed by atoms with Crippen LogP contribution in [0.4, 0.5) is 0 Å². The van der Waals surface area contributed by atoms with Crippen molar-refractivity contribution in [3.8, 4) is 5.75 Å². The van der Waals surface area contributed by atoms with E-state index in [1.807, 2.05) is 4.90 Å². The summed E-state index contributed by atoms with van der Waals surface area (Å²) in [6, 6.07) is 4.95. The zero-order valence-corrected chi connectivity index (χ0v) is 16.6. The lowest BCUT2D eigenvalue weighted by molar-refractivity contribution is -0.140. The molecule has 1 fully saturated rings. The third kappa shape index (κ3) is 6.83. The van der Waals surface area contributed by atoms with E-state index in [1.165, 1.54) is 0 Å². The molecule has 0 aromatic heterocycles. The highest BCUT2D eigenvalue weighted by atomic mass is 35.5. The van der Waals surface area contributed by atoms with Crippen LogP contribution in [0.5, 0.6) is 5.75 Å². The van der Waals surface area contributed by atoms with Crippen LogP contribution in [-0.4, -0.2) is 49.3 Å². The molecule has 1 heterocycles. The van der Waals surface area contributed by atoms with Crippen molar-refractivity contribution in [3.05, 3.63) is 28.2 Å². The minimum absolute atomic E-state index is 0.